The smallest absolute Gasteiger partial charge is 0.286 e. The molecule has 0 bridgehead atoms. The van der Waals surface area contributed by atoms with Crippen LogP contribution in [0.5, 0.6) is 0 Å². The Bertz CT molecular complexity index is 727. The van der Waals surface area contributed by atoms with Crippen LogP contribution < -0.4 is 10.9 Å². The molecule has 0 saturated carbocycles. The topological polar surface area (TPSA) is 119 Å². The maximum Gasteiger partial charge on any atom is 0.343 e. The number of nitrogens with zero attached hydrogens (tertiary/aromatic N) is 2. The molecule has 164 valence electrons. The molecular weight excluding hydrogens is 388 g/mol. The summed E-state index contributed by atoms with van der Waals surface area (Å²) in [5.74, 6) is -1.49. The maximum atomic E-state index is 12.6. The Hall–Kier alpha value is -2.94. The van der Waals surface area contributed by atoms with Crippen molar-refractivity contribution >= 4 is 24.3 Å². The molecule has 9 heteroatoms. The lowest BCUT2D eigenvalue weighted by atomic mass is 10.0. The summed E-state index contributed by atoms with van der Waals surface area (Å²) < 4.78 is 0. The van der Waals surface area contributed by atoms with Gasteiger partial charge in [0.15, 0.2) is 0 Å². The third kappa shape index (κ3) is 6.84. The number of carbonyl (C=O) groups excluding carboxylic acids is 4. The minimum absolute atomic E-state index is 0.172. The van der Waals surface area contributed by atoms with E-state index >= 15 is 0 Å². The number of hydrazine groups is 1. The zero-order chi connectivity index (χ0) is 21.9. The van der Waals surface area contributed by atoms with E-state index in [1.54, 1.807) is 0 Å². The number of rotatable bonds is 10. The van der Waals surface area contributed by atoms with E-state index in [4.69, 9.17) is 0 Å². The molecule has 0 radical (unpaired) electrons. The number of carbonyl (C=O) groups is 4. The number of hydroxylamine groups is 2. The van der Waals surface area contributed by atoms with Gasteiger partial charge in [0.25, 0.3) is 0 Å². The zero-order valence-electron chi connectivity index (χ0n) is 17.3. The largest absolute Gasteiger partial charge is 0.343 e. The molecule has 1 aromatic carbocycles. The van der Waals surface area contributed by atoms with Crippen LogP contribution in [0.15, 0.2) is 30.3 Å². The first-order valence-electron chi connectivity index (χ1n) is 10.3. The van der Waals surface area contributed by atoms with Gasteiger partial charge in [0.1, 0.15) is 0 Å². The van der Waals surface area contributed by atoms with Crippen molar-refractivity contribution in [2.45, 2.75) is 57.9 Å². The molecule has 0 spiro atoms. The molecule has 1 aliphatic heterocycles. The van der Waals surface area contributed by atoms with Crippen molar-refractivity contribution in [2.24, 2.45) is 5.92 Å². The van der Waals surface area contributed by atoms with Crippen molar-refractivity contribution in [1.82, 2.24) is 20.8 Å². The highest BCUT2D eigenvalue weighted by Crippen LogP contribution is 2.22. The van der Waals surface area contributed by atoms with E-state index in [-0.39, 0.29) is 31.3 Å². The molecule has 3 N–H and O–H groups in total. The summed E-state index contributed by atoms with van der Waals surface area (Å²) in [4.78, 5) is 49.1. The van der Waals surface area contributed by atoms with Gasteiger partial charge in [-0.25, -0.2) is 15.3 Å². The number of hydrogen-bond donors (Lipinski definition) is 3. The van der Waals surface area contributed by atoms with Crippen LogP contribution in [0.1, 0.15) is 51.0 Å². The van der Waals surface area contributed by atoms with E-state index in [0.29, 0.717) is 24.3 Å². The molecule has 2 rings (SSSR count). The highest BCUT2D eigenvalue weighted by atomic mass is 16.5. The van der Waals surface area contributed by atoms with Crippen LogP contribution in [-0.4, -0.2) is 52.0 Å². The lowest BCUT2D eigenvalue weighted by Crippen LogP contribution is -2.53. The molecule has 5 amide bonds. The second-order valence-electron chi connectivity index (χ2n) is 7.49. The molecule has 1 heterocycles. The van der Waals surface area contributed by atoms with Crippen molar-refractivity contribution in [3.63, 3.8) is 0 Å². The third-order valence-corrected chi connectivity index (χ3v) is 5.21. The monoisotopic (exact) mass is 418 g/mol. The average Bonchev–Trinajstić information content (AvgIpc) is 3.11. The molecule has 0 unspecified atom stereocenters. The first-order valence-corrected chi connectivity index (χ1v) is 10.3. The Labute approximate surface area is 176 Å². The van der Waals surface area contributed by atoms with Crippen LogP contribution in [0.2, 0.25) is 0 Å². The van der Waals surface area contributed by atoms with Crippen LogP contribution in [0, 0.1) is 5.92 Å². The van der Waals surface area contributed by atoms with Crippen LogP contribution in [0.4, 0.5) is 4.79 Å². The highest BCUT2D eigenvalue weighted by Gasteiger charge is 2.36. The summed E-state index contributed by atoms with van der Waals surface area (Å²) in [5, 5.41) is 9.85. The van der Waals surface area contributed by atoms with Gasteiger partial charge in [-0.2, -0.15) is 0 Å². The number of urea groups is 1. The van der Waals surface area contributed by atoms with E-state index in [0.717, 1.165) is 29.7 Å². The van der Waals surface area contributed by atoms with Gasteiger partial charge in [-0.15, -0.1) is 0 Å². The number of benzene rings is 1. The van der Waals surface area contributed by atoms with Gasteiger partial charge in [0, 0.05) is 12.5 Å². The van der Waals surface area contributed by atoms with Crippen molar-refractivity contribution in [2.75, 3.05) is 6.54 Å². The minimum Gasteiger partial charge on any atom is -0.286 e. The molecule has 0 aromatic heterocycles. The maximum absolute atomic E-state index is 12.6. The summed E-state index contributed by atoms with van der Waals surface area (Å²) >= 11 is 0. The molecule has 0 aliphatic carbocycles. The molecule has 2 atom stereocenters. The Morgan fingerprint density at radius 1 is 1.27 bits per heavy atom. The van der Waals surface area contributed by atoms with E-state index in [9.17, 15) is 24.4 Å². The fourth-order valence-electron chi connectivity index (χ4n) is 3.59. The predicted molar refractivity (Wildman–Crippen MR) is 109 cm³/mol. The lowest BCUT2D eigenvalue weighted by molar-refractivity contribution is -0.154. The molecule has 1 aromatic rings. The number of nitrogens with one attached hydrogen (secondary N) is 2. The second-order valence-corrected chi connectivity index (χ2v) is 7.49. The summed E-state index contributed by atoms with van der Waals surface area (Å²) in [5.41, 5.74) is 5.67. The van der Waals surface area contributed by atoms with Crippen LogP contribution >= 0.6 is 0 Å². The summed E-state index contributed by atoms with van der Waals surface area (Å²) in [6.07, 6.45) is 4.69. The third-order valence-electron chi connectivity index (χ3n) is 5.21. The molecule has 30 heavy (non-hydrogen) atoms. The average molecular weight is 418 g/mol. The van der Waals surface area contributed by atoms with Crippen molar-refractivity contribution < 1.29 is 24.4 Å². The zero-order valence-corrected chi connectivity index (χ0v) is 17.3. The Kier molecular flexibility index (Phi) is 9.27. The van der Waals surface area contributed by atoms with E-state index < -0.39 is 17.9 Å². The van der Waals surface area contributed by atoms with Gasteiger partial charge in [-0.1, -0.05) is 56.5 Å². The van der Waals surface area contributed by atoms with E-state index in [2.05, 4.69) is 10.9 Å². The Balaban J connectivity index is 1.94. The van der Waals surface area contributed by atoms with E-state index in [1.807, 2.05) is 37.3 Å². The molecule has 1 fully saturated rings. The summed E-state index contributed by atoms with van der Waals surface area (Å²) in [6.45, 7) is 1.85. The number of unbranched alkanes of at least 4 members (excludes halogenated alkanes) is 2. The van der Waals surface area contributed by atoms with Gasteiger partial charge < -0.3 is 0 Å². The quantitative estimate of drug-likeness (QED) is 0.232. The Morgan fingerprint density at radius 3 is 2.67 bits per heavy atom. The Morgan fingerprint density at radius 2 is 2.00 bits per heavy atom. The number of hydrogen-bond acceptors (Lipinski definition) is 5. The first kappa shape index (κ1) is 23.3. The summed E-state index contributed by atoms with van der Waals surface area (Å²) in [6, 6.07) is 8.62. The van der Waals surface area contributed by atoms with Crippen molar-refractivity contribution in [3.05, 3.63) is 35.9 Å². The van der Waals surface area contributed by atoms with Crippen molar-refractivity contribution in [1.29, 1.82) is 0 Å². The standard InChI is InChI=1S/C21H30N4O5/c1-2-3-5-10-17(14-24(30)15-26)20(28)22-23-21(29)25-18(11-12-19(25)27)13-16-8-6-4-7-9-16/h4,6-9,15,17-18,30H,2-3,5,10-14H2,1H3,(H,22,28)(H,23,29)/t17-,18-/m1/s1. The molecular formula is C21H30N4O5. The minimum atomic E-state index is -0.685. The van der Waals surface area contributed by atoms with Gasteiger partial charge >= 0.3 is 6.03 Å². The second kappa shape index (κ2) is 11.9. The van der Waals surface area contributed by atoms with Crippen LogP contribution in [0.3, 0.4) is 0 Å². The SMILES string of the molecule is CCCCC[C@H](CN(O)C=O)C(=O)NNC(=O)N1C(=O)CC[C@@H]1Cc1ccccc1. The first-order chi connectivity index (χ1) is 14.5. The number of amides is 5. The predicted octanol–water partition coefficient (Wildman–Crippen LogP) is 2.01. The highest BCUT2D eigenvalue weighted by molar-refractivity contribution is 5.97. The summed E-state index contributed by atoms with van der Waals surface area (Å²) in [7, 11) is 0. The fraction of sp³-hybridized carbons (Fsp3) is 0.524. The molecule has 1 aliphatic rings. The lowest BCUT2D eigenvalue weighted by Gasteiger charge is -2.24. The number of likely N-dealkylation sites (tertiary alicyclic amines) is 1. The van der Waals surface area contributed by atoms with Crippen LogP contribution in [-0.2, 0) is 20.8 Å². The number of imide groups is 1. The molecule has 1 saturated heterocycles. The van der Waals surface area contributed by atoms with Crippen LogP contribution in [0.25, 0.3) is 0 Å². The van der Waals surface area contributed by atoms with Gasteiger partial charge in [0.05, 0.1) is 12.5 Å². The van der Waals surface area contributed by atoms with Crippen molar-refractivity contribution in [3.8, 4) is 0 Å². The normalized spacial score (nSPS) is 16.8. The van der Waals surface area contributed by atoms with Gasteiger partial charge in [0.2, 0.25) is 18.2 Å². The van der Waals surface area contributed by atoms with E-state index in [1.165, 1.54) is 0 Å². The van der Waals surface area contributed by atoms with Gasteiger partial charge in [-0.3, -0.25) is 29.9 Å². The van der Waals surface area contributed by atoms with Gasteiger partial charge in [-0.05, 0) is 24.8 Å². The molecule has 9 nitrogen and oxygen atoms in total. The fourth-order valence-corrected chi connectivity index (χ4v) is 3.59.